The van der Waals surface area contributed by atoms with Crippen LogP contribution in [0.5, 0.6) is 11.5 Å². The summed E-state index contributed by atoms with van der Waals surface area (Å²) in [6.45, 7) is 5.51. The van der Waals surface area contributed by atoms with Gasteiger partial charge in [-0.3, -0.25) is 9.69 Å². The van der Waals surface area contributed by atoms with Crippen molar-refractivity contribution in [2.75, 3.05) is 51.3 Å². The fourth-order valence-electron chi connectivity index (χ4n) is 4.49. The Morgan fingerprint density at radius 1 is 0.853 bits per heavy atom. The molecule has 0 atom stereocenters. The molecule has 1 saturated heterocycles. The highest BCUT2D eigenvalue weighted by atomic mass is 35.5. The standard InChI is InChI=1S/C27H28N2O4.ClH/c1-31-24-12-5-3-10-22(24)29-17-15-28(16-18-29)14-7-19-32-25-13-6-9-21-26(30)20-8-2-4-11-23(20)33-27(21)25;/h2-6,8-13H,7,14-19H2,1H3;1H. The van der Waals surface area contributed by atoms with E-state index < -0.39 is 0 Å². The quantitative estimate of drug-likeness (QED) is 0.275. The third kappa shape index (κ3) is 4.83. The van der Waals surface area contributed by atoms with Crippen molar-refractivity contribution in [3.63, 3.8) is 0 Å². The SMILES string of the molecule is COc1ccccc1N1CCN(CCCOc2cccc3c(=O)c4ccccc4oc23)CC1.Cl. The first-order chi connectivity index (χ1) is 16.2. The number of methoxy groups -OCH3 is 1. The van der Waals surface area contributed by atoms with Crippen LogP contribution in [0, 0.1) is 0 Å². The Hall–Kier alpha value is -3.22. The Labute approximate surface area is 205 Å². The molecule has 2 heterocycles. The van der Waals surface area contributed by atoms with Gasteiger partial charge in [0, 0.05) is 32.7 Å². The molecule has 5 rings (SSSR count). The number of rotatable bonds is 7. The minimum Gasteiger partial charge on any atom is -0.495 e. The van der Waals surface area contributed by atoms with Gasteiger partial charge >= 0.3 is 0 Å². The lowest BCUT2D eigenvalue weighted by molar-refractivity contribution is 0.224. The van der Waals surface area contributed by atoms with Crippen LogP contribution in [0.1, 0.15) is 6.42 Å². The molecule has 3 aromatic carbocycles. The van der Waals surface area contributed by atoms with E-state index >= 15 is 0 Å². The fraction of sp³-hybridized carbons (Fsp3) is 0.296. The van der Waals surface area contributed by atoms with E-state index in [1.54, 1.807) is 19.2 Å². The highest BCUT2D eigenvalue weighted by Crippen LogP contribution is 2.29. The number of ether oxygens (including phenoxy) is 2. The molecule has 0 spiro atoms. The number of nitrogens with zero attached hydrogens (tertiary/aromatic N) is 2. The molecule has 0 unspecified atom stereocenters. The second-order valence-corrected chi connectivity index (χ2v) is 8.26. The molecular formula is C27H29ClN2O4. The lowest BCUT2D eigenvalue weighted by atomic mass is 10.1. The van der Waals surface area contributed by atoms with Crippen LogP contribution in [0.4, 0.5) is 5.69 Å². The number of anilines is 1. The predicted octanol–water partition coefficient (Wildman–Crippen LogP) is 4.97. The molecule has 0 N–H and O–H groups in total. The zero-order valence-electron chi connectivity index (χ0n) is 19.2. The summed E-state index contributed by atoms with van der Waals surface area (Å²) in [6, 6.07) is 21.0. The van der Waals surface area contributed by atoms with Crippen LogP contribution in [0.2, 0.25) is 0 Å². The molecule has 0 saturated carbocycles. The lowest BCUT2D eigenvalue weighted by Crippen LogP contribution is -2.46. The number of hydrogen-bond acceptors (Lipinski definition) is 6. The summed E-state index contributed by atoms with van der Waals surface area (Å²) < 4.78 is 17.6. The zero-order chi connectivity index (χ0) is 22.6. The van der Waals surface area contributed by atoms with Crippen LogP contribution >= 0.6 is 12.4 Å². The van der Waals surface area contributed by atoms with Gasteiger partial charge in [-0.2, -0.15) is 0 Å². The average Bonchev–Trinajstić information content (AvgIpc) is 2.87. The van der Waals surface area contributed by atoms with Crippen LogP contribution in [-0.4, -0.2) is 51.3 Å². The molecule has 1 fully saturated rings. The molecule has 1 aromatic heterocycles. The average molecular weight is 481 g/mol. The Kier molecular flexibility index (Phi) is 7.60. The van der Waals surface area contributed by atoms with E-state index in [0.29, 0.717) is 34.3 Å². The van der Waals surface area contributed by atoms with Gasteiger partial charge in [0.25, 0.3) is 0 Å². The van der Waals surface area contributed by atoms with E-state index in [2.05, 4.69) is 21.9 Å². The van der Waals surface area contributed by atoms with Gasteiger partial charge in [-0.1, -0.05) is 30.3 Å². The third-order valence-electron chi connectivity index (χ3n) is 6.24. The van der Waals surface area contributed by atoms with Gasteiger partial charge in [0.05, 0.1) is 30.2 Å². The summed E-state index contributed by atoms with van der Waals surface area (Å²) in [5.74, 6) is 1.55. The summed E-state index contributed by atoms with van der Waals surface area (Å²) in [4.78, 5) is 17.7. The number of para-hydroxylation sites is 4. The summed E-state index contributed by atoms with van der Waals surface area (Å²) in [6.07, 6.45) is 0.906. The van der Waals surface area contributed by atoms with Crippen molar-refractivity contribution in [1.29, 1.82) is 0 Å². The Morgan fingerprint density at radius 3 is 2.38 bits per heavy atom. The molecular weight excluding hydrogens is 452 g/mol. The normalized spacial score (nSPS) is 14.2. The maximum Gasteiger partial charge on any atom is 0.200 e. The molecule has 4 aromatic rings. The third-order valence-corrected chi connectivity index (χ3v) is 6.24. The van der Waals surface area contributed by atoms with Crippen molar-refractivity contribution in [2.24, 2.45) is 0 Å². The van der Waals surface area contributed by atoms with E-state index in [0.717, 1.165) is 50.6 Å². The van der Waals surface area contributed by atoms with Crippen molar-refractivity contribution in [2.45, 2.75) is 6.42 Å². The molecule has 1 aliphatic heterocycles. The number of piperazine rings is 1. The summed E-state index contributed by atoms with van der Waals surface area (Å²) >= 11 is 0. The molecule has 0 aliphatic carbocycles. The smallest absolute Gasteiger partial charge is 0.200 e. The second kappa shape index (κ2) is 10.8. The first kappa shape index (κ1) is 23.9. The van der Waals surface area contributed by atoms with E-state index in [4.69, 9.17) is 13.9 Å². The summed E-state index contributed by atoms with van der Waals surface area (Å²) in [7, 11) is 1.72. The highest BCUT2D eigenvalue weighted by molar-refractivity contribution is 5.92. The van der Waals surface area contributed by atoms with Crippen molar-refractivity contribution >= 4 is 40.0 Å². The van der Waals surface area contributed by atoms with Gasteiger partial charge in [-0.25, -0.2) is 0 Å². The molecule has 7 heteroatoms. The Bertz CT molecular complexity index is 1320. The van der Waals surface area contributed by atoms with E-state index in [-0.39, 0.29) is 17.8 Å². The Balaban J connectivity index is 0.00000274. The molecule has 6 nitrogen and oxygen atoms in total. The first-order valence-corrected chi connectivity index (χ1v) is 11.4. The fourth-order valence-corrected chi connectivity index (χ4v) is 4.49. The number of benzene rings is 3. The van der Waals surface area contributed by atoms with E-state index in [1.165, 1.54) is 0 Å². The van der Waals surface area contributed by atoms with Gasteiger partial charge in [0.1, 0.15) is 11.3 Å². The van der Waals surface area contributed by atoms with Crippen molar-refractivity contribution in [1.82, 2.24) is 4.90 Å². The summed E-state index contributed by atoms with van der Waals surface area (Å²) in [5, 5.41) is 1.15. The minimum absolute atomic E-state index is 0. The zero-order valence-corrected chi connectivity index (χ0v) is 20.1. The predicted molar refractivity (Wildman–Crippen MR) is 139 cm³/mol. The number of halogens is 1. The monoisotopic (exact) mass is 480 g/mol. The van der Waals surface area contributed by atoms with Gasteiger partial charge in [-0.05, 0) is 42.8 Å². The molecule has 0 amide bonds. The largest absolute Gasteiger partial charge is 0.495 e. The van der Waals surface area contributed by atoms with E-state index in [1.807, 2.05) is 42.5 Å². The van der Waals surface area contributed by atoms with Crippen LogP contribution in [0.3, 0.4) is 0 Å². The van der Waals surface area contributed by atoms with Crippen molar-refractivity contribution in [3.05, 3.63) is 77.0 Å². The van der Waals surface area contributed by atoms with Gasteiger partial charge < -0.3 is 18.8 Å². The topological polar surface area (TPSA) is 55.2 Å². The van der Waals surface area contributed by atoms with E-state index in [9.17, 15) is 4.79 Å². The highest BCUT2D eigenvalue weighted by Gasteiger charge is 2.19. The molecule has 34 heavy (non-hydrogen) atoms. The Morgan fingerprint density at radius 2 is 1.56 bits per heavy atom. The molecule has 0 radical (unpaired) electrons. The minimum atomic E-state index is -0.0229. The molecule has 178 valence electrons. The van der Waals surface area contributed by atoms with Crippen molar-refractivity contribution < 1.29 is 13.9 Å². The van der Waals surface area contributed by atoms with Gasteiger partial charge in [-0.15, -0.1) is 12.4 Å². The maximum atomic E-state index is 12.8. The molecule has 0 bridgehead atoms. The maximum absolute atomic E-state index is 12.8. The van der Waals surface area contributed by atoms with Gasteiger partial charge in [0.15, 0.2) is 11.3 Å². The van der Waals surface area contributed by atoms with Gasteiger partial charge in [0.2, 0.25) is 5.43 Å². The van der Waals surface area contributed by atoms with Crippen LogP contribution in [0.15, 0.2) is 75.9 Å². The molecule has 1 aliphatic rings. The summed E-state index contributed by atoms with van der Waals surface area (Å²) in [5.41, 5.74) is 2.24. The van der Waals surface area contributed by atoms with Crippen LogP contribution in [0.25, 0.3) is 21.9 Å². The van der Waals surface area contributed by atoms with Crippen molar-refractivity contribution in [3.8, 4) is 11.5 Å². The van der Waals surface area contributed by atoms with Crippen LogP contribution in [-0.2, 0) is 0 Å². The second-order valence-electron chi connectivity index (χ2n) is 8.26. The lowest BCUT2D eigenvalue weighted by Gasteiger charge is -2.36. The first-order valence-electron chi connectivity index (χ1n) is 11.4. The number of hydrogen-bond donors (Lipinski definition) is 0. The van der Waals surface area contributed by atoms with Crippen LogP contribution < -0.4 is 19.8 Å². The number of fused-ring (bicyclic) bond motifs is 2.